The van der Waals surface area contributed by atoms with E-state index in [0.29, 0.717) is 0 Å². The van der Waals surface area contributed by atoms with Gasteiger partial charge >= 0.3 is 0 Å². The summed E-state index contributed by atoms with van der Waals surface area (Å²) in [5.74, 6) is -0.406. The van der Waals surface area contributed by atoms with Gasteiger partial charge in [-0.2, -0.15) is 0 Å². The molecular formula is C27H20O2. The van der Waals surface area contributed by atoms with Gasteiger partial charge in [0.05, 0.1) is 6.42 Å². The molecule has 4 aromatic carbocycles. The molecule has 0 aliphatic heterocycles. The third-order valence-corrected chi connectivity index (χ3v) is 4.89. The molecule has 0 amide bonds. The van der Waals surface area contributed by atoms with Crippen molar-refractivity contribution in [3.05, 3.63) is 108 Å². The maximum Gasteiger partial charge on any atom is 0.163 e. The molecule has 0 saturated carbocycles. The van der Waals surface area contributed by atoms with Crippen LogP contribution in [0.3, 0.4) is 0 Å². The van der Waals surface area contributed by atoms with E-state index < -0.39 is 0 Å². The molecule has 0 unspecified atom stereocenters. The SMILES string of the molecule is O=C(C=Cc1cccc2ccccc12)CC(=O)C=Cc1cccc2ccccc12. The van der Waals surface area contributed by atoms with Crippen LogP contribution < -0.4 is 0 Å². The molecule has 4 rings (SSSR count). The van der Waals surface area contributed by atoms with Crippen LogP contribution in [-0.2, 0) is 9.59 Å². The highest BCUT2D eigenvalue weighted by Gasteiger charge is 2.05. The molecule has 0 aliphatic carbocycles. The summed E-state index contributed by atoms with van der Waals surface area (Å²) in [6.07, 6.45) is 6.41. The van der Waals surface area contributed by atoms with Crippen LogP contribution in [0.1, 0.15) is 17.5 Å². The minimum atomic E-state index is -0.203. The summed E-state index contributed by atoms with van der Waals surface area (Å²) < 4.78 is 0. The van der Waals surface area contributed by atoms with Crippen LogP contribution >= 0.6 is 0 Å². The van der Waals surface area contributed by atoms with Crippen molar-refractivity contribution in [3.63, 3.8) is 0 Å². The molecule has 2 nitrogen and oxygen atoms in total. The fourth-order valence-corrected chi connectivity index (χ4v) is 3.45. The Kier molecular flexibility index (Phi) is 5.44. The van der Waals surface area contributed by atoms with Crippen molar-refractivity contribution in [2.45, 2.75) is 6.42 Å². The fraction of sp³-hybridized carbons (Fsp3) is 0.0370. The van der Waals surface area contributed by atoms with Crippen molar-refractivity contribution < 1.29 is 9.59 Å². The molecule has 2 heteroatoms. The first-order chi connectivity index (χ1) is 14.2. The second-order valence-electron chi connectivity index (χ2n) is 6.91. The summed E-state index contributed by atoms with van der Waals surface area (Å²) in [6.45, 7) is 0. The van der Waals surface area contributed by atoms with Crippen molar-refractivity contribution in [2.75, 3.05) is 0 Å². The standard InChI is InChI=1S/C27H20O2/c28-24(17-15-22-11-5-9-20-7-1-3-13-26(20)22)19-25(29)18-16-23-12-6-10-21-8-2-4-14-27(21)23/h1-18H,19H2. The monoisotopic (exact) mass is 376 g/mol. The van der Waals surface area contributed by atoms with Gasteiger partial charge in [0.15, 0.2) is 11.6 Å². The first-order valence-corrected chi connectivity index (χ1v) is 9.58. The second-order valence-corrected chi connectivity index (χ2v) is 6.91. The lowest BCUT2D eigenvalue weighted by Gasteiger charge is -2.02. The van der Waals surface area contributed by atoms with Gasteiger partial charge in [-0.3, -0.25) is 9.59 Å². The van der Waals surface area contributed by atoms with Gasteiger partial charge in [0.25, 0.3) is 0 Å². The van der Waals surface area contributed by atoms with E-state index in [1.807, 2.05) is 84.9 Å². The molecule has 4 aromatic rings. The molecular weight excluding hydrogens is 356 g/mol. The molecule has 0 saturated heterocycles. The van der Waals surface area contributed by atoms with E-state index >= 15 is 0 Å². The summed E-state index contributed by atoms with van der Waals surface area (Å²) in [5.41, 5.74) is 1.94. The predicted octanol–water partition coefficient (Wildman–Crippen LogP) is 6.25. The van der Waals surface area contributed by atoms with Crippen LogP contribution in [0.4, 0.5) is 0 Å². The van der Waals surface area contributed by atoms with Gasteiger partial charge in [0, 0.05) is 0 Å². The van der Waals surface area contributed by atoms with Crippen molar-refractivity contribution in [3.8, 4) is 0 Å². The topological polar surface area (TPSA) is 34.1 Å². The van der Waals surface area contributed by atoms with Gasteiger partial charge in [-0.05, 0) is 44.8 Å². The zero-order chi connectivity index (χ0) is 20.1. The Morgan fingerprint density at radius 1 is 0.552 bits per heavy atom. The fourth-order valence-electron chi connectivity index (χ4n) is 3.45. The number of carbonyl (C=O) groups excluding carboxylic acids is 2. The highest BCUT2D eigenvalue weighted by molar-refractivity contribution is 6.11. The molecule has 0 fully saturated rings. The Morgan fingerprint density at radius 3 is 1.45 bits per heavy atom. The van der Waals surface area contributed by atoms with Crippen LogP contribution in [0.5, 0.6) is 0 Å². The van der Waals surface area contributed by atoms with Crippen LogP contribution in [0.2, 0.25) is 0 Å². The van der Waals surface area contributed by atoms with Crippen LogP contribution in [-0.4, -0.2) is 11.6 Å². The summed E-state index contributed by atoms with van der Waals surface area (Å²) >= 11 is 0. The number of ketones is 2. The summed E-state index contributed by atoms with van der Waals surface area (Å²) in [5, 5.41) is 4.41. The largest absolute Gasteiger partial charge is 0.294 e. The Morgan fingerprint density at radius 2 is 0.966 bits per heavy atom. The van der Waals surface area contributed by atoms with Crippen LogP contribution in [0, 0.1) is 0 Å². The third-order valence-electron chi connectivity index (χ3n) is 4.89. The normalized spacial score (nSPS) is 11.6. The van der Waals surface area contributed by atoms with Gasteiger partial charge in [-0.15, -0.1) is 0 Å². The zero-order valence-corrected chi connectivity index (χ0v) is 15.9. The maximum atomic E-state index is 12.2. The summed E-state index contributed by atoms with van der Waals surface area (Å²) in [7, 11) is 0. The van der Waals surface area contributed by atoms with Gasteiger partial charge in [-0.25, -0.2) is 0 Å². The molecule has 0 bridgehead atoms. The minimum Gasteiger partial charge on any atom is -0.294 e. The lowest BCUT2D eigenvalue weighted by molar-refractivity contribution is -0.121. The van der Waals surface area contributed by atoms with Crippen LogP contribution in [0.25, 0.3) is 33.7 Å². The Bertz CT molecular complexity index is 1150. The zero-order valence-electron chi connectivity index (χ0n) is 15.9. The summed E-state index contributed by atoms with van der Waals surface area (Å²) in [4.78, 5) is 24.5. The average Bonchev–Trinajstić information content (AvgIpc) is 2.76. The number of hydrogen-bond donors (Lipinski definition) is 0. The molecule has 0 spiro atoms. The molecule has 0 radical (unpaired) electrons. The lowest BCUT2D eigenvalue weighted by Crippen LogP contribution is -2.01. The van der Waals surface area contributed by atoms with Crippen molar-refractivity contribution in [2.24, 2.45) is 0 Å². The third kappa shape index (κ3) is 4.39. The first-order valence-electron chi connectivity index (χ1n) is 9.58. The Hall–Kier alpha value is -3.78. The van der Waals surface area contributed by atoms with Crippen LogP contribution in [0.15, 0.2) is 97.1 Å². The highest BCUT2D eigenvalue weighted by atomic mass is 16.1. The second kappa shape index (κ2) is 8.49. The summed E-state index contributed by atoms with van der Waals surface area (Å²) in [6, 6.07) is 28.0. The van der Waals surface area contributed by atoms with Crippen molar-refractivity contribution in [1.29, 1.82) is 0 Å². The van der Waals surface area contributed by atoms with Crippen molar-refractivity contribution >= 4 is 45.3 Å². The van der Waals surface area contributed by atoms with Gasteiger partial charge in [0.2, 0.25) is 0 Å². The average molecular weight is 376 g/mol. The molecule has 0 aromatic heterocycles. The molecule has 0 heterocycles. The number of benzene rings is 4. The van der Waals surface area contributed by atoms with E-state index in [2.05, 4.69) is 0 Å². The smallest absolute Gasteiger partial charge is 0.163 e. The molecule has 29 heavy (non-hydrogen) atoms. The predicted molar refractivity (Wildman–Crippen MR) is 121 cm³/mol. The van der Waals surface area contributed by atoms with E-state index in [4.69, 9.17) is 0 Å². The number of allylic oxidation sites excluding steroid dienone is 2. The molecule has 0 aliphatic rings. The Labute approximate surface area is 169 Å². The van der Waals surface area contributed by atoms with E-state index in [1.165, 1.54) is 12.2 Å². The molecule has 0 atom stereocenters. The van der Waals surface area contributed by atoms with E-state index in [-0.39, 0.29) is 18.0 Å². The van der Waals surface area contributed by atoms with Gasteiger partial charge in [-0.1, -0.05) is 97.1 Å². The van der Waals surface area contributed by atoms with Gasteiger partial charge in [0.1, 0.15) is 0 Å². The number of carbonyl (C=O) groups is 2. The Balaban J connectivity index is 1.45. The first kappa shape index (κ1) is 18.6. The number of rotatable bonds is 6. The van der Waals surface area contributed by atoms with Crippen molar-refractivity contribution in [1.82, 2.24) is 0 Å². The maximum absolute atomic E-state index is 12.2. The quantitative estimate of drug-likeness (QED) is 0.294. The highest BCUT2D eigenvalue weighted by Crippen LogP contribution is 2.21. The lowest BCUT2D eigenvalue weighted by atomic mass is 10.0. The number of hydrogen-bond acceptors (Lipinski definition) is 2. The minimum absolute atomic E-state index is 0.136. The van der Waals surface area contributed by atoms with Gasteiger partial charge < -0.3 is 0 Å². The van der Waals surface area contributed by atoms with E-state index in [0.717, 1.165) is 32.7 Å². The molecule has 140 valence electrons. The number of fused-ring (bicyclic) bond motifs is 2. The van der Waals surface area contributed by atoms with E-state index in [1.54, 1.807) is 12.2 Å². The van der Waals surface area contributed by atoms with E-state index in [9.17, 15) is 9.59 Å². The molecule has 0 N–H and O–H groups in total.